The topological polar surface area (TPSA) is 20.6 Å². The van der Waals surface area contributed by atoms with E-state index in [1.54, 1.807) is 10.8 Å². The molecule has 0 spiro atoms. The van der Waals surface area contributed by atoms with Gasteiger partial charge in [-0.15, -0.1) is 0 Å². The van der Waals surface area contributed by atoms with Crippen molar-refractivity contribution in [3.05, 3.63) is 127 Å². The summed E-state index contributed by atoms with van der Waals surface area (Å²) in [7, 11) is -1.63. The van der Waals surface area contributed by atoms with E-state index in [1.165, 1.54) is 83.3 Å². The average Bonchev–Trinajstić information content (AvgIpc) is 3.11. The summed E-state index contributed by atoms with van der Waals surface area (Å²) in [6.07, 6.45) is 20.1. The molecular weight excluding hydrogens is 599 g/mol. The molecule has 2 unspecified atom stereocenters. The van der Waals surface area contributed by atoms with Gasteiger partial charge in [0.1, 0.15) is 0 Å². The fourth-order valence-corrected chi connectivity index (χ4v) is 10.7. The molecule has 3 aliphatic rings. The molecule has 0 saturated heterocycles. The Morgan fingerprint density at radius 1 is 0.812 bits per heavy atom. The molecule has 3 aromatic heterocycles. The molecule has 0 N–H and O–H groups in total. The molecule has 5 aromatic rings. The Kier molecular flexibility index (Phi) is 8.24. The SMILES string of the molecule is C=C1CC2C(CCc3cnccc3-c3cc(-c4ccccc4)cc[n+]31)c1ccccc1-c1cc(CC3CCCCC3)c([Si](C)(C)C)c[n+]12. The maximum absolute atomic E-state index is 4.83. The van der Waals surface area contributed by atoms with Gasteiger partial charge in [-0.1, -0.05) is 100 Å². The molecule has 8 rings (SSSR count). The number of rotatable bonds is 4. The van der Waals surface area contributed by atoms with E-state index in [0.717, 1.165) is 30.9 Å². The lowest BCUT2D eigenvalue weighted by Crippen LogP contribution is -2.54. The molecular formula is C44H49N3Si+2. The summed E-state index contributed by atoms with van der Waals surface area (Å²) in [6.45, 7) is 12.5. The highest BCUT2D eigenvalue weighted by Crippen LogP contribution is 2.44. The molecule has 0 amide bonds. The zero-order valence-electron chi connectivity index (χ0n) is 29.0. The van der Waals surface area contributed by atoms with Crippen LogP contribution in [-0.2, 0) is 12.8 Å². The maximum Gasteiger partial charge on any atom is 0.219 e. The smallest absolute Gasteiger partial charge is 0.219 e. The predicted octanol–water partition coefficient (Wildman–Crippen LogP) is 9.47. The van der Waals surface area contributed by atoms with Gasteiger partial charge in [0.25, 0.3) is 0 Å². The number of pyridine rings is 3. The Morgan fingerprint density at radius 2 is 1.60 bits per heavy atom. The van der Waals surface area contributed by atoms with E-state index in [1.807, 2.05) is 6.20 Å². The lowest BCUT2D eigenvalue weighted by atomic mass is 9.77. The summed E-state index contributed by atoms with van der Waals surface area (Å²) < 4.78 is 5.08. The third-order valence-electron chi connectivity index (χ3n) is 11.5. The molecule has 2 aliphatic heterocycles. The molecule has 2 atom stereocenters. The molecule has 1 saturated carbocycles. The summed E-state index contributed by atoms with van der Waals surface area (Å²) in [5.41, 5.74) is 13.3. The highest BCUT2D eigenvalue weighted by Gasteiger charge is 2.44. The Bertz CT molecular complexity index is 1980. The van der Waals surface area contributed by atoms with Gasteiger partial charge >= 0.3 is 0 Å². The van der Waals surface area contributed by atoms with Crippen molar-refractivity contribution < 1.29 is 9.13 Å². The third-order valence-corrected chi connectivity index (χ3v) is 13.5. The number of aromatic nitrogens is 3. The molecule has 48 heavy (non-hydrogen) atoms. The summed E-state index contributed by atoms with van der Waals surface area (Å²) in [4.78, 5) is 4.65. The molecule has 0 bridgehead atoms. The first-order valence-corrected chi connectivity index (χ1v) is 21.8. The molecule has 1 fully saturated rings. The van der Waals surface area contributed by atoms with Crippen LogP contribution in [0.3, 0.4) is 0 Å². The van der Waals surface area contributed by atoms with Crippen LogP contribution < -0.4 is 14.3 Å². The first-order chi connectivity index (χ1) is 23.3. The van der Waals surface area contributed by atoms with Crippen LogP contribution in [-0.4, -0.2) is 13.1 Å². The van der Waals surface area contributed by atoms with Gasteiger partial charge < -0.3 is 0 Å². The van der Waals surface area contributed by atoms with Crippen LogP contribution in [0.15, 0.2) is 110 Å². The minimum Gasteiger partial charge on any atom is -0.264 e. The van der Waals surface area contributed by atoms with Crippen molar-refractivity contribution in [1.82, 2.24) is 4.98 Å². The number of benzene rings is 2. The summed E-state index contributed by atoms with van der Waals surface area (Å²) >= 11 is 0. The van der Waals surface area contributed by atoms with Gasteiger partial charge in [-0.3, -0.25) is 4.98 Å². The first kappa shape index (κ1) is 31.1. The molecule has 4 heteroatoms. The van der Waals surface area contributed by atoms with Crippen molar-refractivity contribution in [2.45, 2.75) is 89.4 Å². The van der Waals surface area contributed by atoms with Gasteiger partial charge in [-0.05, 0) is 71.7 Å². The summed E-state index contributed by atoms with van der Waals surface area (Å²) in [5, 5.41) is 1.65. The largest absolute Gasteiger partial charge is 0.264 e. The van der Waals surface area contributed by atoms with Crippen LogP contribution in [0, 0.1) is 5.92 Å². The molecule has 1 aliphatic carbocycles. The van der Waals surface area contributed by atoms with Crippen LogP contribution in [0.5, 0.6) is 0 Å². The maximum atomic E-state index is 4.83. The van der Waals surface area contributed by atoms with Gasteiger partial charge in [-0.25, -0.2) is 0 Å². The van der Waals surface area contributed by atoms with Crippen LogP contribution in [0.25, 0.3) is 39.3 Å². The normalized spacial score (nSPS) is 19.4. The van der Waals surface area contributed by atoms with Crippen LogP contribution in [0.4, 0.5) is 0 Å². The zero-order chi connectivity index (χ0) is 32.8. The number of fused-ring (bicyclic) bond motifs is 9. The van der Waals surface area contributed by atoms with Crippen molar-refractivity contribution in [3.63, 3.8) is 0 Å². The number of aryl methyl sites for hydroxylation is 1. The Labute approximate surface area is 288 Å². The Morgan fingerprint density at radius 3 is 2.42 bits per heavy atom. The minimum atomic E-state index is -1.63. The third kappa shape index (κ3) is 5.79. The lowest BCUT2D eigenvalue weighted by Gasteiger charge is -2.33. The fourth-order valence-electron chi connectivity index (χ4n) is 9.01. The number of hydrogen-bond acceptors (Lipinski definition) is 1. The second kappa shape index (κ2) is 12.7. The van der Waals surface area contributed by atoms with E-state index in [4.69, 9.17) is 6.58 Å². The fraction of sp³-hybridized carbons (Fsp3) is 0.341. The number of allylic oxidation sites excluding steroid dienone is 1. The quantitative estimate of drug-likeness (QED) is 0.141. The van der Waals surface area contributed by atoms with Gasteiger partial charge in [0.05, 0.1) is 20.1 Å². The molecule has 5 heterocycles. The molecule has 242 valence electrons. The van der Waals surface area contributed by atoms with Crippen molar-refractivity contribution in [2.24, 2.45) is 5.92 Å². The summed E-state index contributed by atoms with van der Waals surface area (Å²) in [6, 6.07) is 29.8. The number of hydrogen-bond donors (Lipinski definition) is 0. The summed E-state index contributed by atoms with van der Waals surface area (Å²) in [5.74, 6) is 1.20. The van der Waals surface area contributed by atoms with Gasteiger partial charge in [-0.2, -0.15) is 9.13 Å². The van der Waals surface area contributed by atoms with Gasteiger partial charge in [0, 0.05) is 47.3 Å². The second-order valence-electron chi connectivity index (χ2n) is 15.6. The lowest BCUT2D eigenvalue weighted by molar-refractivity contribution is -0.719. The van der Waals surface area contributed by atoms with Crippen molar-refractivity contribution in [3.8, 4) is 33.6 Å². The molecule has 2 aromatic carbocycles. The standard InChI is InChI=1S/C44H49N3Si/c1-31-25-41-40(20-19-35-29-45-23-21-37(35)42-27-34(22-24-46(31)42)33-15-9-6-10-16-33)38-17-11-12-18-39(38)43-28-36(26-32-13-7-5-8-14-32)44(30-47(41)43)48(2,3)4/h6,9-12,15-18,21-24,27-30,32,40-41H,1,5,7-8,13-14,19-20,25-26H2,2-4H3/q+2. The van der Waals surface area contributed by atoms with Crippen LogP contribution in [0.2, 0.25) is 19.6 Å². The van der Waals surface area contributed by atoms with Crippen molar-refractivity contribution in [2.75, 3.05) is 0 Å². The van der Waals surface area contributed by atoms with Gasteiger partial charge in [0.15, 0.2) is 24.1 Å². The monoisotopic (exact) mass is 647 g/mol. The van der Waals surface area contributed by atoms with Crippen LogP contribution >= 0.6 is 0 Å². The van der Waals surface area contributed by atoms with E-state index in [-0.39, 0.29) is 6.04 Å². The van der Waals surface area contributed by atoms with E-state index in [9.17, 15) is 0 Å². The van der Waals surface area contributed by atoms with Crippen molar-refractivity contribution in [1.29, 1.82) is 0 Å². The van der Waals surface area contributed by atoms with Crippen molar-refractivity contribution >= 4 is 19.0 Å². The zero-order valence-corrected chi connectivity index (χ0v) is 30.0. The van der Waals surface area contributed by atoms with E-state index in [2.05, 4.69) is 131 Å². The average molecular weight is 648 g/mol. The first-order valence-electron chi connectivity index (χ1n) is 18.3. The van der Waals surface area contributed by atoms with Crippen LogP contribution in [0.1, 0.15) is 73.6 Å². The number of nitrogens with zero attached hydrogens (tertiary/aromatic N) is 3. The Balaban J connectivity index is 1.28. The molecule has 3 nitrogen and oxygen atoms in total. The Hall–Kier alpha value is -4.15. The molecule has 0 radical (unpaired) electrons. The highest BCUT2D eigenvalue weighted by atomic mass is 28.3. The van der Waals surface area contributed by atoms with E-state index >= 15 is 0 Å². The predicted molar refractivity (Wildman–Crippen MR) is 201 cm³/mol. The second-order valence-corrected chi connectivity index (χ2v) is 20.6. The minimum absolute atomic E-state index is 0.286. The highest BCUT2D eigenvalue weighted by molar-refractivity contribution is 6.89. The van der Waals surface area contributed by atoms with E-state index < -0.39 is 8.07 Å². The van der Waals surface area contributed by atoms with E-state index in [0.29, 0.717) is 5.92 Å². The van der Waals surface area contributed by atoms with Gasteiger partial charge in [0.2, 0.25) is 11.4 Å².